The van der Waals surface area contributed by atoms with Crippen LogP contribution in [-0.2, 0) is 10.2 Å². The number of carbonyl (C=O) groups excluding carboxylic acids is 1. The van der Waals surface area contributed by atoms with E-state index in [4.69, 9.17) is 0 Å². The highest BCUT2D eigenvalue weighted by Crippen LogP contribution is 2.42. The van der Waals surface area contributed by atoms with Gasteiger partial charge in [0.15, 0.2) is 0 Å². The number of amides is 1. The maximum absolute atomic E-state index is 13.3. The lowest BCUT2D eigenvalue weighted by Gasteiger charge is -2.52. The molecular weight excluding hydrogens is 376 g/mol. The molecule has 0 saturated carbocycles. The molecule has 0 aliphatic carbocycles. The van der Waals surface area contributed by atoms with Crippen LogP contribution in [0.25, 0.3) is 0 Å². The predicted octanol–water partition coefficient (Wildman–Crippen LogP) is 3.30. The predicted molar refractivity (Wildman–Crippen MR) is 121 cm³/mol. The molecule has 1 aromatic carbocycles. The minimum absolute atomic E-state index is 0.181. The van der Waals surface area contributed by atoms with Crippen LogP contribution in [0, 0.1) is 5.21 Å². The molecule has 6 heteroatoms. The van der Waals surface area contributed by atoms with Gasteiger partial charge in [0.25, 0.3) is 5.84 Å². The minimum Gasteiger partial charge on any atom is -0.714 e. The smallest absolute Gasteiger partial charge is 0.304 e. The summed E-state index contributed by atoms with van der Waals surface area (Å²) in [6.07, 6.45) is 4.10. The van der Waals surface area contributed by atoms with E-state index in [0.717, 1.165) is 49.1 Å². The van der Waals surface area contributed by atoms with Crippen molar-refractivity contribution in [3.8, 4) is 0 Å². The van der Waals surface area contributed by atoms with Gasteiger partial charge in [-0.05, 0) is 52.5 Å². The fourth-order valence-electron chi connectivity index (χ4n) is 5.59. The first kappa shape index (κ1) is 22.8. The molecule has 0 unspecified atom stereocenters. The first-order valence-corrected chi connectivity index (χ1v) is 11.4. The van der Waals surface area contributed by atoms with Crippen LogP contribution < -0.4 is 5.32 Å². The monoisotopic (exact) mass is 414 g/mol. The third-order valence-electron chi connectivity index (χ3n) is 6.84. The molecule has 0 spiro atoms. The Labute approximate surface area is 181 Å². The van der Waals surface area contributed by atoms with Crippen molar-refractivity contribution in [1.29, 1.82) is 0 Å². The molecule has 1 saturated heterocycles. The van der Waals surface area contributed by atoms with Crippen LogP contribution in [0.4, 0.5) is 0 Å². The second-order valence-corrected chi connectivity index (χ2v) is 9.39. The third kappa shape index (κ3) is 4.40. The molecule has 6 nitrogen and oxygen atoms in total. The van der Waals surface area contributed by atoms with Crippen molar-refractivity contribution in [3.05, 3.63) is 41.1 Å². The Morgan fingerprint density at radius 1 is 1.23 bits per heavy atom. The normalized spacial score (nSPS) is 25.1. The van der Waals surface area contributed by atoms with Gasteiger partial charge in [0, 0.05) is 38.1 Å². The average Bonchev–Trinajstić information content (AvgIpc) is 2.70. The number of amidine groups is 1. The molecule has 30 heavy (non-hydrogen) atoms. The largest absolute Gasteiger partial charge is 0.714 e. The molecule has 1 aromatic rings. The number of piperidine rings is 1. The molecule has 2 atom stereocenters. The highest BCUT2D eigenvalue weighted by molar-refractivity contribution is 6.01. The van der Waals surface area contributed by atoms with Crippen molar-refractivity contribution < 1.29 is 9.53 Å². The van der Waals surface area contributed by atoms with Crippen molar-refractivity contribution in [1.82, 2.24) is 15.1 Å². The molecule has 1 fully saturated rings. The van der Waals surface area contributed by atoms with Crippen LogP contribution in [0.1, 0.15) is 65.9 Å². The summed E-state index contributed by atoms with van der Waals surface area (Å²) in [6, 6.07) is 11.4. The average molecular weight is 415 g/mol. The van der Waals surface area contributed by atoms with Gasteiger partial charge in [-0.25, -0.2) is 10.1 Å². The number of rotatable bonds is 6. The number of carbonyl (C=O) groups is 1. The first-order chi connectivity index (χ1) is 14.3. The van der Waals surface area contributed by atoms with Gasteiger partial charge < -0.3 is 5.21 Å². The van der Waals surface area contributed by atoms with Gasteiger partial charge in [-0.3, -0.25) is 14.5 Å². The van der Waals surface area contributed by atoms with E-state index in [1.807, 2.05) is 18.2 Å². The number of benzene rings is 1. The molecule has 1 amide bonds. The van der Waals surface area contributed by atoms with E-state index < -0.39 is 5.41 Å². The van der Waals surface area contributed by atoms with Crippen LogP contribution in [0.15, 0.2) is 30.3 Å². The fraction of sp³-hybridized carbons (Fsp3) is 0.667. The van der Waals surface area contributed by atoms with Crippen LogP contribution in [0.2, 0.25) is 0 Å². The SMILES string of the molecule is CC(=O)NC1=[N+]([O-])CN2CCCC[C@@H]2[C@]1(CCN(C(C)C)C(C)C)c1ccccc1. The highest BCUT2D eigenvalue weighted by Gasteiger charge is 2.55. The highest BCUT2D eigenvalue weighted by atomic mass is 16.5. The topological polar surface area (TPSA) is 61.7 Å². The summed E-state index contributed by atoms with van der Waals surface area (Å²) in [4.78, 5) is 17.0. The lowest BCUT2D eigenvalue weighted by atomic mass is 9.66. The zero-order chi connectivity index (χ0) is 21.9. The fourth-order valence-corrected chi connectivity index (χ4v) is 5.59. The number of nitrogens with one attached hydrogen (secondary N) is 1. The maximum Gasteiger partial charge on any atom is 0.304 e. The molecule has 1 N–H and O–H groups in total. The minimum atomic E-state index is -0.532. The van der Waals surface area contributed by atoms with E-state index in [9.17, 15) is 10.0 Å². The van der Waals surface area contributed by atoms with E-state index >= 15 is 0 Å². The van der Waals surface area contributed by atoms with Crippen molar-refractivity contribution in [2.75, 3.05) is 19.8 Å². The van der Waals surface area contributed by atoms with Crippen LogP contribution in [0.5, 0.6) is 0 Å². The van der Waals surface area contributed by atoms with E-state index in [2.05, 4.69) is 54.9 Å². The van der Waals surface area contributed by atoms with E-state index in [1.165, 1.54) is 6.92 Å². The van der Waals surface area contributed by atoms with Crippen molar-refractivity contribution in [2.45, 2.75) is 83.8 Å². The number of nitrogens with zero attached hydrogens (tertiary/aromatic N) is 3. The Kier molecular flexibility index (Phi) is 7.19. The van der Waals surface area contributed by atoms with Crippen LogP contribution >= 0.6 is 0 Å². The van der Waals surface area contributed by atoms with Crippen LogP contribution in [-0.4, -0.2) is 64.2 Å². The quantitative estimate of drug-likeness (QED) is 0.573. The molecule has 0 radical (unpaired) electrons. The lowest BCUT2D eigenvalue weighted by molar-refractivity contribution is -0.501. The van der Waals surface area contributed by atoms with Crippen molar-refractivity contribution in [3.63, 3.8) is 0 Å². The Morgan fingerprint density at radius 3 is 2.50 bits per heavy atom. The Bertz CT molecular complexity index is 754. The molecule has 0 bridgehead atoms. The summed E-state index contributed by atoms with van der Waals surface area (Å²) < 4.78 is 1.03. The molecular formula is C24H38N4O2. The molecule has 2 heterocycles. The Balaban J connectivity index is 2.14. The standard InChI is InChI=1S/C24H38N4O2/c1-18(2)27(19(3)4)16-14-24(21-11-7-6-8-12-21)22-13-9-10-15-26(22)17-28(30)23(24)25-20(5)29/h6-8,11-12,18-19,22H,9-10,13-17H2,1-5H3,(H,25,29)/t22-,24+/m1/s1. The van der Waals surface area contributed by atoms with Gasteiger partial charge in [0.05, 0.1) is 0 Å². The number of hydroxylamine groups is 1. The zero-order valence-corrected chi connectivity index (χ0v) is 19.2. The Morgan fingerprint density at radius 2 is 1.90 bits per heavy atom. The van der Waals surface area contributed by atoms with Gasteiger partial charge in [-0.15, -0.1) is 0 Å². The molecule has 3 rings (SSSR count). The molecule has 0 aromatic heterocycles. The number of fused-ring (bicyclic) bond motifs is 1. The molecule has 2 aliphatic rings. The van der Waals surface area contributed by atoms with E-state index in [0.29, 0.717) is 24.6 Å². The summed E-state index contributed by atoms with van der Waals surface area (Å²) in [5, 5.41) is 16.3. The second kappa shape index (κ2) is 9.48. The van der Waals surface area contributed by atoms with Gasteiger partial charge in [-0.2, -0.15) is 0 Å². The van der Waals surface area contributed by atoms with Crippen molar-refractivity contribution in [2.24, 2.45) is 0 Å². The zero-order valence-electron chi connectivity index (χ0n) is 19.2. The van der Waals surface area contributed by atoms with Crippen LogP contribution in [0.3, 0.4) is 0 Å². The van der Waals surface area contributed by atoms with Gasteiger partial charge >= 0.3 is 5.91 Å². The third-order valence-corrected chi connectivity index (χ3v) is 6.84. The summed E-state index contributed by atoms with van der Waals surface area (Å²) in [5.41, 5.74) is 0.591. The second-order valence-electron chi connectivity index (χ2n) is 9.39. The van der Waals surface area contributed by atoms with E-state index in [1.54, 1.807) is 0 Å². The maximum atomic E-state index is 13.3. The van der Waals surface area contributed by atoms with E-state index in [-0.39, 0.29) is 11.9 Å². The lowest BCUT2D eigenvalue weighted by Crippen LogP contribution is -2.68. The first-order valence-electron chi connectivity index (χ1n) is 11.4. The molecule has 2 aliphatic heterocycles. The van der Waals surface area contributed by atoms with Crippen molar-refractivity contribution >= 4 is 11.7 Å². The van der Waals surface area contributed by atoms with Gasteiger partial charge in [-0.1, -0.05) is 36.8 Å². The summed E-state index contributed by atoms with van der Waals surface area (Å²) in [5.74, 6) is 0.344. The summed E-state index contributed by atoms with van der Waals surface area (Å²) >= 11 is 0. The summed E-state index contributed by atoms with van der Waals surface area (Å²) in [6.45, 7) is 12.5. The number of hydrogen-bond acceptors (Lipinski definition) is 4. The van der Waals surface area contributed by atoms with Gasteiger partial charge in [0.2, 0.25) is 0 Å². The Hall–Kier alpha value is -1.92. The summed E-state index contributed by atoms with van der Waals surface area (Å²) in [7, 11) is 0. The van der Waals surface area contributed by atoms with Gasteiger partial charge in [0.1, 0.15) is 12.1 Å². The number of hydrogen-bond donors (Lipinski definition) is 1. The molecule has 166 valence electrons.